The zero-order valence-electron chi connectivity index (χ0n) is 13.9. The summed E-state index contributed by atoms with van der Waals surface area (Å²) in [7, 11) is 0. The molecule has 1 aromatic heterocycles. The van der Waals surface area contributed by atoms with E-state index in [1.165, 1.54) is 6.07 Å². The first kappa shape index (κ1) is 16.5. The van der Waals surface area contributed by atoms with Crippen LogP contribution >= 0.6 is 0 Å². The smallest absolute Gasteiger partial charge is 0.188 e. The summed E-state index contributed by atoms with van der Waals surface area (Å²) in [5, 5.41) is 15.9. The Kier molecular flexibility index (Phi) is 4.90. The van der Waals surface area contributed by atoms with E-state index in [9.17, 15) is 4.39 Å². The van der Waals surface area contributed by atoms with Crippen LogP contribution < -0.4 is 5.32 Å². The SMILES string of the molecule is Cc1cc(F)ccc1CC(C)NCc1nnn(C(C)(C)C)n1. The number of nitrogens with zero attached hydrogens (tertiary/aromatic N) is 4. The van der Waals surface area contributed by atoms with Gasteiger partial charge in [-0.2, -0.15) is 4.80 Å². The van der Waals surface area contributed by atoms with Gasteiger partial charge in [0.05, 0.1) is 12.1 Å². The molecule has 2 aromatic rings. The lowest BCUT2D eigenvalue weighted by Gasteiger charge is -2.16. The molecule has 0 amide bonds. The van der Waals surface area contributed by atoms with Crippen LogP contribution in [0.3, 0.4) is 0 Å². The lowest BCUT2D eigenvalue weighted by atomic mass is 10.0. The van der Waals surface area contributed by atoms with Crippen molar-refractivity contribution in [3.8, 4) is 0 Å². The average Bonchev–Trinajstić information content (AvgIpc) is 2.88. The van der Waals surface area contributed by atoms with Crippen LogP contribution in [0.2, 0.25) is 0 Å². The van der Waals surface area contributed by atoms with Crippen molar-refractivity contribution in [2.45, 2.75) is 59.2 Å². The number of hydrogen-bond donors (Lipinski definition) is 1. The molecule has 1 unspecified atom stereocenters. The van der Waals surface area contributed by atoms with Crippen molar-refractivity contribution in [3.63, 3.8) is 0 Å². The first-order chi connectivity index (χ1) is 10.3. The molecular weight excluding hydrogens is 281 g/mol. The van der Waals surface area contributed by atoms with Crippen LogP contribution in [-0.4, -0.2) is 26.2 Å². The third-order valence-corrected chi connectivity index (χ3v) is 3.49. The minimum absolute atomic E-state index is 0.165. The van der Waals surface area contributed by atoms with E-state index in [-0.39, 0.29) is 17.4 Å². The van der Waals surface area contributed by atoms with E-state index in [1.807, 2.05) is 33.8 Å². The fraction of sp³-hybridized carbons (Fsp3) is 0.562. The van der Waals surface area contributed by atoms with E-state index in [2.05, 4.69) is 27.7 Å². The van der Waals surface area contributed by atoms with Gasteiger partial charge in [-0.15, -0.1) is 10.2 Å². The third-order valence-electron chi connectivity index (χ3n) is 3.49. The average molecular weight is 305 g/mol. The van der Waals surface area contributed by atoms with Crippen molar-refractivity contribution in [2.75, 3.05) is 0 Å². The van der Waals surface area contributed by atoms with Gasteiger partial charge in [-0.3, -0.25) is 0 Å². The summed E-state index contributed by atoms with van der Waals surface area (Å²) in [6.07, 6.45) is 0.833. The highest BCUT2D eigenvalue weighted by molar-refractivity contribution is 5.27. The van der Waals surface area contributed by atoms with Gasteiger partial charge in [0.2, 0.25) is 0 Å². The van der Waals surface area contributed by atoms with Crippen molar-refractivity contribution in [1.29, 1.82) is 0 Å². The minimum Gasteiger partial charge on any atom is -0.307 e. The maximum Gasteiger partial charge on any atom is 0.188 e. The molecule has 2 rings (SSSR count). The Balaban J connectivity index is 1.90. The second-order valence-electron chi connectivity index (χ2n) is 6.72. The summed E-state index contributed by atoms with van der Waals surface area (Å²) in [4.78, 5) is 1.62. The van der Waals surface area contributed by atoms with Gasteiger partial charge in [0.15, 0.2) is 5.82 Å². The van der Waals surface area contributed by atoms with Gasteiger partial charge in [-0.25, -0.2) is 4.39 Å². The van der Waals surface area contributed by atoms with Crippen LogP contribution in [0.4, 0.5) is 4.39 Å². The van der Waals surface area contributed by atoms with Crippen LogP contribution in [0.5, 0.6) is 0 Å². The molecule has 0 saturated heterocycles. The quantitative estimate of drug-likeness (QED) is 0.922. The fourth-order valence-electron chi connectivity index (χ4n) is 2.15. The van der Waals surface area contributed by atoms with Gasteiger partial charge in [0.25, 0.3) is 0 Å². The lowest BCUT2D eigenvalue weighted by molar-refractivity contribution is 0.305. The van der Waals surface area contributed by atoms with Gasteiger partial charge in [-0.05, 0) is 69.5 Å². The second-order valence-corrected chi connectivity index (χ2v) is 6.72. The van der Waals surface area contributed by atoms with Crippen LogP contribution in [-0.2, 0) is 18.5 Å². The van der Waals surface area contributed by atoms with Crippen molar-refractivity contribution >= 4 is 0 Å². The summed E-state index contributed by atoms with van der Waals surface area (Å²) in [5.74, 6) is 0.488. The fourth-order valence-corrected chi connectivity index (χ4v) is 2.15. The molecule has 1 heterocycles. The van der Waals surface area contributed by atoms with Crippen molar-refractivity contribution < 1.29 is 4.39 Å². The molecule has 0 fully saturated rings. The van der Waals surface area contributed by atoms with E-state index in [4.69, 9.17) is 0 Å². The molecule has 0 aliphatic rings. The normalized spacial score (nSPS) is 13.4. The Labute approximate surface area is 130 Å². The van der Waals surface area contributed by atoms with E-state index in [1.54, 1.807) is 10.9 Å². The standard InChI is InChI=1S/C16H24FN5/c1-11-8-14(17)7-6-13(11)9-12(2)18-10-15-19-21-22(20-15)16(3,4)5/h6-8,12,18H,9-10H2,1-5H3. The summed E-state index contributed by atoms with van der Waals surface area (Å²) in [6.45, 7) is 10.7. The summed E-state index contributed by atoms with van der Waals surface area (Å²) in [6, 6.07) is 5.16. The Hall–Kier alpha value is -1.82. The summed E-state index contributed by atoms with van der Waals surface area (Å²) in [5.41, 5.74) is 1.96. The minimum atomic E-state index is -0.190. The first-order valence-corrected chi connectivity index (χ1v) is 7.53. The highest BCUT2D eigenvalue weighted by Crippen LogP contribution is 2.13. The first-order valence-electron chi connectivity index (χ1n) is 7.53. The van der Waals surface area contributed by atoms with E-state index in [0.29, 0.717) is 12.4 Å². The molecule has 120 valence electrons. The van der Waals surface area contributed by atoms with E-state index >= 15 is 0 Å². The van der Waals surface area contributed by atoms with E-state index < -0.39 is 0 Å². The molecule has 1 aromatic carbocycles. The topological polar surface area (TPSA) is 55.6 Å². The van der Waals surface area contributed by atoms with Gasteiger partial charge < -0.3 is 5.32 Å². The molecule has 6 heteroatoms. The van der Waals surface area contributed by atoms with Gasteiger partial charge in [0.1, 0.15) is 5.82 Å². The second kappa shape index (κ2) is 6.52. The predicted octanol–water partition coefficient (Wildman–Crippen LogP) is 2.60. The molecule has 5 nitrogen and oxygen atoms in total. The number of benzene rings is 1. The lowest BCUT2D eigenvalue weighted by Crippen LogP contribution is -2.29. The number of rotatable bonds is 5. The monoisotopic (exact) mass is 305 g/mol. The maximum absolute atomic E-state index is 13.1. The Morgan fingerprint density at radius 1 is 1.32 bits per heavy atom. The Morgan fingerprint density at radius 3 is 2.64 bits per heavy atom. The highest BCUT2D eigenvalue weighted by Gasteiger charge is 2.17. The predicted molar refractivity (Wildman–Crippen MR) is 84.0 cm³/mol. The molecule has 0 spiro atoms. The van der Waals surface area contributed by atoms with E-state index in [0.717, 1.165) is 17.5 Å². The van der Waals surface area contributed by atoms with Gasteiger partial charge in [0, 0.05) is 6.04 Å². The van der Waals surface area contributed by atoms with Gasteiger partial charge in [-0.1, -0.05) is 6.07 Å². The molecule has 0 aliphatic heterocycles. The molecule has 1 atom stereocenters. The van der Waals surface area contributed by atoms with Crippen molar-refractivity contribution in [2.24, 2.45) is 0 Å². The van der Waals surface area contributed by atoms with Crippen molar-refractivity contribution in [1.82, 2.24) is 25.5 Å². The summed E-state index contributed by atoms with van der Waals surface area (Å²) >= 11 is 0. The van der Waals surface area contributed by atoms with Crippen LogP contribution in [0, 0.1) is 12.7 Å². The molecule has 0 saturated carbocycles. The van der Waals surface area contributed by atoms with Crippen molar-refractivity contribution in [3.05, 3.63) is 41.0 Å². The maximum atomic E-state index is 13.1. The number of nitrogens with one attached hydrogen (secondary N) is 1. The molecule has 0 bridgehead atoms. The number of aryl methyl sites for hydroxylation is 1. The van der Waals surface area contributed by atoms with Crippen LogP contribution in [0.1, 0.15) is 44.6 Å². The number of halogens is 1. The molecule has 0 radical (unpaired) electrons. The number of hydrogen-bond acceptors (Lipinski definition) is 4. The zero-order valence-corrected chi connectivity index (χ0v) is 13.9. The molecule has 1 N–H and O–H groups in total. The third kappa shape index (κ3) is 4.34. The summed E-state index contributed by atoms with van der Waals surface area (Å²) < 4.78 is 13.1. The Morgan fingerprint density at radius 2 is 2.05 bits per heavy atom. The number of tetrazole rings is 1. The Bertz CT molecular complexity index is 630. The van der Waals surface area contributed by atoms with Gasteiger partial charge >= 0.3 is 0 Å². The molecule has 22 heavy (non-hydrogen) atoms. The molecule has 0 aliphatic carbocycles. The largest absolute Gasteiger partial charge is 0.307 e. The van der Waals surface area contributed by atoms with Crippen LogP contribution in [0.15, 0.2) is 18.2 Å². The highest BCUT2D eigenvalue weighted by atomic mass is 19.1. The zero-order chi connectivity index (χ0) is 16.3. The van der Waals surface area contributed by atoms with Crippen LogP contribution in [0.25, 0.3) is 0 Å². The molecular formula is C16H24FN5. The number of aromatic nitrogens is 4.